The van der Waals surface area contributed by atoms with Crippen LogP contribution in [0.25, 0.3) is 27.5 Å². The van der Waals surface area contributed by atoms with E-state index < -0.39 is 0 Å². The first kappa shape index (κ1) is 20.5. The summed E-state index contributed by atoms with van der Waals surface area (Å²) in [6, 6.07) is 10.2. The van der Waals surface area contributed by atoms with Crippen molar-refractivity contribution in [2.45, 2.75) is 38.6 Å². The molecule has 0 aliphatic carbocycles. The van der Waals surface area contributed by atoms with Gasteiger partial charge in [0, 0.05) is 23.8 Å². The highest BCUT2D eigenvalue weighted by atomic mass is 32.1. The number of hydrogen-bond acceptors (Lipinski definition) is 8. The minimum atomic E-state index is 0.251. The van der Waals surface area contributed by atoms with Gasteiger partial charge in [-0.25, -0.2) is 4.52 Å². The highest BCUT2D eigenvalue weighted by Gasteiger charge is 2.21. The van der Waals surface area contributed by atoms with Gasteiger partial charge in [0.15, 0.2) is 5.01 Å². The molecular weight excluding hydrogens is 420 g/mol. The van der Waals surface area contributed by atoms with Gasteiger partial charge >= 0.3 is 0 Å². The third-order valence-corrected chi connectivity index (χ3v) is 6.72. The van der Waals surface area contributed by atoms with Crippen molar-refractivity contribution in [1.82, 2.24) is 30.1 Å². The summed E-state index contributed by atoms with van der Waals surface area (Å²) in [6.07, 6.45) is 5.65. The third kappa shape index (κ3) is 3.95. The van der Waals surface area contributed by atoms with Crippen LogP contribution in [0.15, 0.2) is 36.7 Å². The highest BCUT2D eigenvalue weighted by Crippen LogP contribution is 2.36. The Bertz CT molecular complexity index is 1290. The second kappa shape index (κ2) is 8.65. The first-order valence-electron chi connectivity index (χ1n) is 10.8. The average molecular weight is 445 g/mol. The van der Waals surface area contributed by atoms with Gasteiger partial charge < -0.3 is 10.6 Å². The maximum atomic E-state index is 9.13. The number of nitriles is 1. The van der Waals surface area contributed by atoms with E-state index in [4.69, 9.17) is 10.2 Å². The number of rotatable bonds is 5. The smallest absolute Gasteiger partial charge is 0.151 e. The fourth-order valence-corrected chi connectivity index (χ4v) is 5.06. The molecule has 5 rings (SSSR count). The Morgan fingerprint density at radius 1 is 1.19 bits per heavy atom. The molecule has 0 bridgehead atoms. The summed E-state index contributed by atoms with van der Waals surface area (Å²) < 4.78 is 1.81. The Balaban J connectivity index is 1.53. The van der Waals surface area contributed by atoms with E-state index in [0.717, 1.165) is 64.1 Å². The number of hydrogen-bond donors (Lipinski definition) is 2. The molecule has 8 nitrogen and oxygen atoms in total. The summed E-state index contributed by atoms with van der Waals surface area (Å²) >= 11 is 1.67. The van der Waals surface area contributed by atoms with E-state index in [0.29, 0.717) is 11.5 Å². The third-order valence-electron chi connectivity index (χ3n) is 5.60. The van der Waals surface area contributed by atoms with Crippen LogP contribution in [0.4, 0.5) is 5.69 Å². The van der Waals surface area contributed by atoms with Crippen LogP contribution in [-0.2, 0) is 0 Å². The Morgan fingerprint density at radius 3 is 2.81 bits per heavy atom. The second-order valence-corrected chi connectivity index (χ2v) is 9.30. The minimum absolute atomic E-state index is 0.251. The van der Waals surface area contributed by atoms with Crippen LogP contribution in [0, 0.1) is 11.3 Å². The van der Waals surface area contributed by atoms with Gasteiger partial charge in [0.1, 0.15) is 11.1 Å². The molecule has 1 aliphatic heterocycles. The lowest BCUT2D eigenvalue weighted by Gasteiger charge is -2.19. The van der Waals surface area contributed by atoms with Crippen LogP contribution < -0.4 is 10.6 Å². The van der Waals surface area contributed by atoms with E-state index in [9.17, 15) is 0 Å². The van der Waals surface area contributed by atoms with Crippen LogP contribution in [0.2, 0.25) is 0 Å². The summed E-state index contributed by atoms with van der Waals surface area (Å²) in [7, 11) is 0. The van der Waals surface area contributed by atoms with Crippen LogP contribution in [0.5, 0.6) is 0 Å². The van der Waals surface area contributed by atoms with Crippen molar-refractivity contribution in [3.05, 3.63) is 47.2 Å². The first-order valence-corrected chi connectivity index (χ1v) is 11.6. The minimum Gasteiger partial charge on any atom is -0.382 e. The number of anilines is 1. The lowest BCUT2D eigenvalue weighted by molar-refractivity contribution is 0.457. The van der Waals surface area contributed by atoms with E-state index in [-0.39, 0.29) is 6.04 Å². The van der Waals surface area contributed by atoms with Gasteiger partial charge in [-0.05, 0) is 64.0 Å². The molecule has 0 saturated carbocycles. The maximum Gasteiger partial charge on any atom is 0.151 e. The lowest BCUT2D eigenvalue weighted by Crippen LogP contribution is -2.26. The summed E-state index contributed by atoms with van der Waals surface area (Å²) in [4.78, 5) is 4.74. The molecule has 1 saturated heterocycles. The SMILES string of the molecule is CC(C)Nc1cc(-c2ccc3cc(C#N)cnn23)ncc1-c1nnc(C2CCNCC2)s1. The molecule has 0 amide bonds. The fourth-order valence-electron chi connectivity index (χ4n) is 4.03. The molecule has 9 heteroatoms. The van der Waals surface area contributed by atoms with Gasteiger partial charge in [0.2, 0.25) is 0 Å². The molecule has 0 aromatic carbocycles. The van der Waals surface area contributed by atoms with E-state index in [1.54, 1.807) is 17.5 Å². The Labute approximate surface area is 190 Å². The van der Waals surface area contributed by atoms with Crippen LogP contribution in [0.1, 0.15) is 43.2 Å². The quantitative estimate of drug-likeness (QED) is 0.478. The molecular formula is C23H24N8S. The van der Waals surface area contributed by atoms with Crippen molar-refractivity contribution in [3.63, 3.8) is 0 Å². The zero-order valence-electron chi connectivity index (χ0n) is 18.0. The lowest BCUT2D eigenvalue weighted by atomic mass is 9.99. The maximum absolute atomic E-state index is 9.13. The van der Waals surface area contributed by atoms with Crippen molar-refractivity contribution in [2.75, 3.05) is 18.4 Å². The molecule has 32 heavy (non-hydrogen) atoms. The molecule has 1 fully saturated rings. The number of aromatic nitrogens is 5. The summed E-state index contributed by atoms with van der Waals surface area (Å²) in [5.74, 6) is 0.479. The van der Waals surface area contributed by atoms with Gasteiger partial charge in [-0.1, -0.05) is 11.3 Å². The molecule has 4 aromatic heterocycles. The van der Waals surface area contributed by atoms with Crippen molar-refractivity contribution in [3.8, 4) is 28.0 Å². The van der Waals surface area contributed by atoms with E-state index in [2.05, 4.69) is 45.8 Å². The predicted octanol–water partition coefficient (Wildman–Crippen LogP) is 4.07. The van der Waals surface area contributed by atoms with Crippen LogP contribution >= 0.6 is 11.3 Å². The first-order chi connectivity index (χ1) is 15.6. The highest BCUT2D eigenvalue weighted by molar-refractivity contribution is 7.14. The van der Waals surface area contributed by atoms with Crippen LogP contribution in [-0.4, -0.2) is 43.9 Å². The van der Waals surface area contributed by atoms with E-state index >= 15 is 0 Å². The van der Waals surface area contributed by atoms with Gasteiger partial charge in [0.25, 0.3) is 0 Å². The number of nitrogens with one attached hydrogen (secondary N) is 2. The number of nitrogens with zero attached hydrogens (tertiary/aromatic N) is 6. The summed E-state index contributed by atoms with van der Waals surface area (Å²) in [5, 5.41) is 31.5. The fraction of sp³-hybridized carbons (Fsp3) is 0.348. The molecule has 5 heterocycles. The van der Waals surface area contributed by atoms with Gasteiger partial charge in [-0.3, -0.25) is 4.98 Å². The number of fused-ring (bicyclic) bond motifs is 1. The predicted molar refractivity (Wildman–Crippen MR) is 126 cm³/mol. The molecule has 4 aromatic rings. The molecule has 2 N–H and O–H groups in total. The molecule has 0 radical (unpaired) electrons. The van der Waals surface area contributed by atoms with Crippen molar-refractivity contribution in [2.24, 2.45) is 0 Å². The van der Waals surface area contributed by atoms with E-state index in [1.165, 1.54) is 0 Å². The van der Waals surface area contributed by atoms with Crippen molar-refractivity contribution in [1.29, 1.82) is 5.26 Å². The number of pyridine rings is 1. The Kier molecular flexibility index (Phi) is 5.55. The zero-order valence-corrected chi connectivity index (χ0v) is 18.9. The summed E-state index contributed by atoms with van der Waals surface area (Å²) in [5.41, 5.74) is 5.00. The van der Waals surface area contributed by atoms with Crippen molar-refractivity contribution < 1.29 is 0 Å². The standard InChI is InChI=1S/C23H24N8S/c1-14(2)28-19-10-20(21-4-3-17-9-15(11-24)12-27-31(17)21)26-13-18(19)23-30-29-22(32-23)16-5-7-25-8-6-16/h3-4,9-10,12-14,16,25H,5-8H2,1-2H3,(H,26,28). The van der Waals surface area contributed by atoms with Crippen molar-refractivity contribution >= 4 is 22.5 Å². The molecule has 0 atom stereocenters. The Hall–Kier alpha value is -3.35. The molecule has 0 spiro atoms. The Morgan fingerprint density at radius 2 is 2.03 bits per heavy atom. The van der Waals surface area contributed by atoms with Crippen LogP contribution in [0.3, 0.4) is 0 Å². The number of piperidine rings is 1. The largest absolute Gasteiger partial charge is 0.382 e. The van der Waals surface area contributed by atoms with Gasteiger partial charge in [-0.2, -0.15) is 10.4 Å². The monoisotopic (exact) mass is 444 g/mol. The van der Waals surface area contributed by atoms with Gasteiger partial charge in [-0.15, -0.1) is 10.2 Å². The topological polar surface area (TPSA) is 104 Å². The van der Waals surface area contributed by atoms with E-state index in [1.807, 2.05) is 35.0 Å². The second-order valence-electron chi connectivity index (χ2n) is 8.30. The molecule has 0 unspecified atom stereocenters. The zero-order chi connectivity index (χ0) is 22.1. The average Bonchev–Trinajstić information content (AvgIpc) is 3.46. The van der Waals surface area contributed by atoms with Gasteiger partial charge in [0.05, 0.1) is 34.2 Å². The normalized spacial score (nSPS) is 14.7. The molecule has 1 aliphatic rings. The summed E-state index contributed by atoms with van der Waals surface area (Å²) in [6.45, 7) is 6.29. The molecule has 162 valence electrons.